The zero-order chi connectivity index (χ0) is 20.0. The van der Waals surface area contributed by atoms with Gasteiger partial charge < -0.3 is 57.3 Å². The Morgan fingerprint density at radius 2 is 1.66 bits per heavy atom. The topological polar surface area (TPSA) is 359 Å². The molecule has 1 aliphatic rings. The third-order valence-electron chi connectivity index (χ3n) is 3.61. The monoisotopic (exact) mass is 550 g/mol. The number of aliphatic hydroxyl groups excluding tert-OH is 2. The Balaban J connectivity index is -0.00000168. The molecule has 1 saturated heterocycles. The van der Waals surface area contributed by atoms with E-state index in [-0.39, 0.29) is 57.4 Å². The van der Waals surface area contributed by atoms with Crippen molar-refractivity contribution in [3.63, 3.8) is 0 Å². The molecule has 0 saturated carbocycles. The molecule has 0 bridgehead atoms. The summed E-state index contributed by atoms with van der Waals surface area (Å²) in [5.41, 5.74) is 6.11. The molecule has 3 rings (SSSR count). The molecule has 5 atom stereocenters. The van der Waals surface area contributed by atoms with Crippen molar-refractivity contribution >= 4 is 32.6 Å². The largest absolute Gasteiger partial charge is 0.481 e. The first kappa shape index (κ1) is 35.5. The van der Waals surface area contributed by atoms with Crippen molar-refractivity contribution in [1.82, 2.24) is 19.5 Å². The number of phosphoric ester groups is 1. The molecule has 3 heterocycles. The first-order valence-electron chi connectivity index (χ1n) is 7.17. The Morgan fingerprint density at radius 3 is 2.22 bits per heavy atom. The van der Waals surface area contributed by atoms with Crippen LogP contribution in [0.2, 0.25) is 0 Å². The van der Waals surface area contributed by atoms with Crippen molar-refractivity contribution in [3.05, 3.63) is 12.7 Å². The Labute approximate surface area is 190 Å². The van der Waals surface area contributed by atoms with Crippen LogP contribution in [0.15, 0.2) is 12.7 Å². The van der Waals surface area contributed by atoms with Crippen LogP contribution in [-0.4, -0.2) is 91.2 Å². The second-order valence-electron chi connectivity index (χ2n) is 5.47. The van der Waals surface area contributed by atoms with Crippen LogP contribution in [0.3, 0.4) is 0 Å². The van der Waals surface area contributed by atoms with Crippen LogP contribution < -0.4 is 5.73 Å². The fourth-order valence-corrected chi connectivity index (χ4v) is 4.08. The molecule has 0 amide bonds. The summed E-state index contributed by atoms with van der Waals surface area (Å²) in [7, 11) is -10.4. The van der Waals surface area contributed by atoms with Gasteiger partial charge in [0.15, 0.2) is 17.7 Å². The summed E-state index contributed by atoms with van der Waals surface area (Å²) in [6.07, 6.45) is -3.20. The number of fused-ring (bicyclic) bond motifs is 1. The first-order valence-corrected chi connectivity index (χ1v) is 10.2. The summed E-state index contributed by atoms with van der Waals surface area (Å²) in [5.74, 6) is 0.0856. The van der Waals surface area contributed by atoms with Gasteiger partial charge >= 0.3 is 15.6 Å². The van der Waals surface area contributed by atoms with E-state index in [9.17, 15) is 24.2 Å². The molecule has 0 aliphatic carbocycles. The van der Waals surface area contributed by atoms with Gasteiger partial charge in [-0.2, -0.15) is 4.31 Å². The predicted molar refractivity (Wildman–Crippen MR) is 99.0 cm³/mol. The van der Waals surface area contributed by atoms with Crippen molar-refractivity contribution in [3.8, 4) is 0 Å². The van der Waals surface area contributed by atoms with Gasteiger partial charge in [-0.05, 0) is 0 Å². The van der Waals surface area contributed by atoms with Gasteiger partial charge in [0.1, 0.15) is 30.2 Å². The molecule has 187 valence electrons. The van der Waals surface area contributed by atoms with Crippen LogP contribution in [0, 0.1) is 0 Å². The van der Waals surface area contributed by atoms with E-state index < -0.39 is 46.8 Å². The maximum absolute atomic E-state index is 11.5. The Bertz CT molecular complexity index is 944. The maximum Gasteiger partial charge on any atom is 0.481 e. The van der Waals surface area contributed by atoms with Gasteiger partial charge in [0.25, 0.3) is 0 Å². The second-order valence-corrected chi connectivity index (χ2v) is 8.30. The van der Waals surface area contributed by atoms with Gasteiger partial charge in [-0.15, -0.1) is 0 Å². The van der Waals surface area contributed by atoms with E-state index in [1.807, 2.05) is 0 Å². The predicted octanol–water partition coefficient (Wildman–Crippen LogP) is -5.05. The van der Waals surface area contributed by atoms with E-state index in [4.69, 9.17) is 20.3 Å². The molecule has 2 aromatic heterocycles. The average Bonchev–Trinajstić information content (AvgIpc) is 3.07. The SMILES string of the molecule is Nc1ncnc2c1ncn2[C@@H]1O[C@H](COP(=O)(O)OP(=O)(O)O)[C@@H](O)[C@H]1O.O.O.O.O.[V]. The second kappa shape index (κ2) is 13.0. The zero-order valence-electron chi connectivity index (χ0n) is 15.7. The average molecular weight is 550 g/mol. The fourth-order valence-electron chi connectivity index (χ4n) is 2.48. The van der Waals surface area contributed by atoms with Crippen molar-refractivity contribution < 1.29 is 88.1 Å². The summed E-state index contributed by atoms with van der Waals surface area (Å²) in [6, 6.07) is 0. The van der Waals surface area contributed by atoms with Crippen LogP contribution in [0.1, 0.15) is 6.23 Å². The molecule has 32 heavy (non-hydrogen) atoms. The molecular weight excluding hydrogens is 527 g/mol. The number of imidazole rings is 1. The Morgan fingerprint density at radius 1 is 1.06 bits per heavy atom. The molecule has 1 fully saturated rings. The van der Waals surface area contributed by atoms with E-state index in [0.29, 0.717) is 0 Å². The van der Waals surface area contributed by atoms with E-state index in [1.54, 1.807) is 0 Å². The molecule has 2 aromatic rings. The zero-order valence-corrected chi connectivity index (χ0v) is 18.8. The van der Waals surface area contributed by atoms with E-state index in [1.165, 1.54) is 10.9 Å². The van der Waals surface area contributed by atoms with E-state index >= 15 is 0 Å². The normalized spacial score (nSPS) is 24.0. The Hall–Kier alpha value is -1.09. The van der Waals surface area contributed by atoms with Crippen LogP contribution in [-0.2, 0) is 41.3 Å². The summed E-state index contributed by atoms with van der Waals surface area (Å²) in [6.45, 7) is -0.813. The van der Waals surface area contributed by atoms with Crippen molar-refractivity contribution in [2.24, 2.45) is 0 Å². The molecule has 15 N–H and O–H groups in total. The van der Waals surface area contributed by atoms with Crippen molar-refractivity contribution in [2.45, 2.75) is 24.5 Å². The number of rotatable bonds is 6. The summed E-state index contributed by atoms with van der Waals surface area (Å²) < 4.78 is 36.8. The minimum Gasteiger partial charge on any atom is -0.412 e. The molecular formula is C10H23N5O14P2V. The number of nitrogens with two attached hydrogens (primary N) is 1. The van der Waals surface area contributed by atoms with Gasteiger partial charge in [-0.25, -0.2) is 24.1 Å². The van der Waals surface area contributed by atoms with Crippen molar-refractivity contribution in [2.75, 3.05) is 12.3 Å². The maximum atomic E-state index is 11.5. The quantitative estimate of drug-likeness (QED) is 0.183. The molecule has 1 aliphatic heterocycles. The van der Waals surface area contributed by atoms with Crippen molar-refractivity contribution in [1.29, 1.82) is 0 Å². The Kier molecular flexibility index (Phi) is 14.4. The standard InChI is InChI=1S/C10H15N5O10P2.4H2O.V/c11-8-5-9(13-2-12-8)15(3-14-5)10-7(17)6(16)4(24-10)1-23-27(21,22)25-26(18,19)20;;;;;/h2-4,6-7,10,16-17H,1H2,(H,21,22)(H2,11,12,13)(H2,18,19,20);4*1H2;/t4-,6-,7-,10-;;;;;/m1...../s1. The molecule has 22 heteroatoms. The van der Waals surface area contributed by atoms with Gasteiger partial charge in [0, 0.05) is 18.6 Å². The van der Waals surface area contributed by atoms with Crippen LogP contribution in [0.5, 0.6) is 0 Å². The number of hydrogen-bond donors (Lipinski definition) is 6. The van der Waals surface area contributed by atoms with Gasteiger partial charge in [-0.3, -0.25) is 9.09 Å². The smallest absolute Gasteiger partial charge is 0.412 e. The number of aromatic nitrogens is 4. The minimum atomic E-state index is -5.29. The summed E-state index contributed by atoms with van der Waals surface area (Å²) in [4.78, 5) is 38.1. The number of nitrogen functional groups attached to an aromatic ring is 1. The third-order valence-corrected chi connectivity index (χ3v) is 5.76. The molecule has 1 unspecified atom stereocenters. The van der Waals surface area contributed by atoms with Crippen LogP contribution >= 0.6 is 15.6 Å². The summed E-state index contributed by atoms with van der Waals surface area (Å²) >= 11 is 0. The number of nitrogens with zero attached hydrogens (tertiary/aromatic N) is 4. The fraction of sp³-hybridized carbons (Fsp3) is 0.500. The van der Waals surface area contributed by atoms with Crippen LogP contribution in [0.25, 0.3) is 11.2 Å². The summed E-state index contributed by atoms with van der Waals surface area (Å²) in [5, 5.41) is 20.3. The molecule has 19 nitrogen and oxygen atoms in total. The number of phosphoric acid groups is 2. The number of aliphatic hydroxyl groups is 2. The minimum absolute atomic E-state index is 0. The molecule has 0 aromatic carbocycles. The first-order chi connectivity index (χ1) is 12.5. The molecule has 0 spiro atoms. The molecule has 1 radical (unpaired) electrons. The van der Waals surface area contributed by atoms with Gasteiger partial charge in [-0.1, -0.05) is 0 Å². The number of hydrogen-bond acceptors (Lipinski definition) is 11. The third kappa shape index (κ3) is 7.75. The van der Waals surface area contributed by atoms with Gasteiger partial charge in [0.05, 0.1) is 12.9 Å². The van der Waals surface area contributed by atoms with Gasteiger partial charge in [0.2, 0.25) is 0 Å². The number of anilines is 1. The van der Waals surface area contributed by atoms with E-state index in [0.717, 1.165) is 6.33 Å². The van der Waals surface area contributed by atoms with E-state index in [2.05, 4.69) is 23.8 Å². The van der Waals surface area contributed by atoms with Crippen LogP contribution in [0.4, 0.5) is 5.82 Å². The number of ether oxygens (including phenoxy) is 1.